The Morgan fingerprint density at radius 1 is 1.30 bits per heavy atom. The highest BCUT2D eigenvalue weighted by atomic mass is 16.5. The molecule has 2 aromatic rings. The van der Waals surface area contributed by atoms with Crippen LogP contribution < -0.4 is 5.32 Å². The fraction of sp³-hybridized carbons (Fsp3) is 0.467. The van der Waals surface area contributed by atoms with Crippen molar-refractivity contribution in [3.63, 3.8) is 0 Å². The van der Waals surface area contributed by atoms with Crippen LogP contribution in [0.25, 0.3) is 0 Å². The molecule has 20 heavy (non-hydrogen) atoms. The smallest absolute Gasteiger partial charge is 0.0981 e. The monoisotopic (exact) mass is 274 g/mol. The quantitative estimate of drug-likeness (QED) is 0.835. The maximum atomic E-state index is 5.94. The molecule has 108 valence electrons. The Balaban J connectivity index is 2.17. The largest absolute Gasteiger partial charge is 0.372 e. The van der Waals surface area contributed by atoms with Crippen LogP contribution in [-0.2, 0) is 18.2 Å². The molecule has 0 amide bonds. The van der Waals surface area contributed by atoms with E-state index < -0.39 is 0 Å². The average molecular weight is 274 g/mol. The zero-order chi connectivity index (χ0) is 14.4. The van der Waals surface area contributed by atoms with E-state index in [2.05, 4.69) is 27.8 Å². The molecule has 0 fully saturated rings. The first-order valence-electron chi connectivity index (χ1n) is 6.93. The van der Waals surface area contributed by atoms with E-state index in [1.54, 1.807) is 4.68 Å². The molecule has 1 N–H and O–H groups in total. The number of nitrogens with zero attached hydrogens (tertiary/aromatic N) is 3. The maximum absolute atomic E-state index is 5.94. The molecule has 0 spiro atoms. The van der Waals surface area contributed by atoms with Gasteiger partial charge in [0.05, 0.1) is 11.8 Å². The minimum absolute atomic E-state index is 0.00760. The van der Waals surface area contributed by atoms with Gasteiger partial charge in [-0.1, -0.05) is 35.5 Å². The normalized spacial score (nSPS) is 14.2. The molecule has 1 heterocycles. The minimum atomic E-state index is 0.00760. The molecular formula is C15H22N4O. The fourth-order valence-corrected chi connectivity index (χ4v) is 2.34. The van der Waals surface area contributed by atoms with E-state index >= 15 is 0 Å². The zero-order valence-electron chi connectivity index (χ0n) is 12.3. The summed E-state index contributed by atoms with van der Waals surface area (Å²) in [7, 11) is 3.83. The number of hydrogen-bond donors (Lipinski definition) is 1. The van der Waals surface area contributed by atoms with Gasteiger partial charge >= 0.3 is 0 Å². The lowest BCUT2D eigenvalue weighted by molar-refractivity contribution is 0.0350. The van der Waals surface area contributed by atoms with Crippen LogP contribution in [-0.4, -0.2) is 34.7 Å². The summed E-state index contributed by atoms with van der Waals surface area (Å²) in [6.45, 7) is 2.70. The summed E-state index contributed by atoms with van der Waals surface area (Å²) in [5.41, 5.74) is 2.14. The van der Waals surface area contributed by atoms with Gasteiger partial charge in [0.25, 0.3) is 0 Å². The molecule has 5 nitrogen and oxygen atoms in total. The van der Waals surface area contributed by atoms with Gasteiger partial charge in [0.1, 0.15) is 0 Å². The highest BCUT2D eigenvalue weighted by Gasteiger charge is 2.23. The SMILES string of the molecule is CCOC(c1ccccc1)C(Cc1cn(C)nn1)NC. The zero-order valence-corrected chi connectivity index (χ0v) is 12.3. The van der Waals surface area contributed by atoms with E-state index in [1.807, 2.05) is 45.4 Å². The lowest BCUT2D eigenvalue weighted by Crippen LogP contribution is -2.35. The van der Waals surface area contributed by atoms with Crippen LogP contribution in [0.15, 0.2) is 36.5 Å². The van der Waals surface area contributed by atoms with Gasteiger partial charge in [-0.25, -0.2) is 0 Å². The molecule has 0 aliphatic heterocycles. The molecule has 0 saturated heterocycles. The Kier molecular flexibility index (Phi) is 5.26. The summed E-state index contributed by atoms with van der Waals surface area (Å²) in [6.07, 6.45) is 2.73. The van der Waals surface area contributed by atoms with Crippen LogP contribution >= 0.6 is 0 Å². The summed E-state index contributed by atoms with van der Waals surface area (Å²) in [6, 6.07) is 10.5. The molecule has 0 bridgehead atoms. The summed E-state index contributed by atoms with van der Waals surface area (Å²) >= 11 is 0. The highest BCUT2D eigenvalue weighted by Crippen LogP contribution is 2.23. The van der Waals surface area contributed by atoms with E-state index in [4.69, 9.17) is 4.74 Å². The van der Waals surface area contributed by atoms with Crippen molar-refractivity contribution in [1.29, 1.82) is 0 Å². The summed E-state index contributed by atoms with van der Waals surface area (Å²) in [5.74, 6) is 0. The highest BCUT2D eigenvalue weighted by molar-refractivity contribution is 5.20. The topological polar surface area (TPSA) is 52.0 Å². The Morgan fingerprint density at radius 2 is 2.05 bits per heavy atom. The molecule has 2 unspecified atom stereocenters. The van der Waals surface area contributed by atoms with Crippen LogP contribution in [0, 0.1) is 0 Å². The number of benzene rings is 1. The first kappa shape index (κ1) is 14.7. The Hall–Kier alpha value is -1.72. The van der Waals surface area contributed by atoms with Crippen molar-refractivity contribution < 1.29 is 4.74 Å². The first-order valence-corrected chi connectivity index (χ1v) is 6.93. The van der Waals surface area contributed by atoms with Crippen molar-refractivity contribution in [1.82, 2.24) is 20.3 Å². The maximum Gasteiger partial charge on any atom is 0.0981 e. The number of hydrogen-bond acceptors (Lipinski definition) is 4. The number of aromatic nitrogens is 3. The first-order chi connectivity index (χ1) is 9.74. The van der Waals surface area contributed by atoms with Gasteiger partial charge < -0.3 is 10.1 Å². The van der Waals surface area contributed by atoms with Gasteiger partial charge in [0.2, 0.25) is 0 Å². The van der Waals surface area contributed by atoms with E-state index in [0.717, 1.165) is 12.1 Å². The third kappa shape index (κ3) is 3.65. The second-order valence-corrected chi connectivity index (χ2v) is 4.77. The van der Waals surface area contributed by atoms with Gasteiger partial charge in [0.15, 0.2) is 0 Å². The van der Waals surface area contributed by atoms with E-state index in [9.17, 15) is 0 Å². The molecule has 2 rings (SSSR count). The molecular weight excluding hydrogens is 252 g/mol. The predicted molar refractivity (Wildman–Crippen MR) is 78.4 cm³/mol. The van der Waals surface area contributed by atoms with Gasteiger partial charge in [-0.15, -0.1) is 5.10 Å². The second-order valence-electron chi connectivity index (χ2n) is 4.77. The van der Waals surface area contributed by atoms with Crippen LogP contribution in [0.4, 0.5) is 0 Å². The second kappa shape index (κ2) is 7.17. The van der Waals surface area contributed by atoms with Gasteiger partial charge in [-0.3, -0.25) is 4.68 Å². The third-order valence-corrected chi connectivity index (χ3v) is 3.29. The van der Waals surface area contributed by atoms with E-state index in [0.29, 0.717) is 6.61 Å². The lowest BCUT2D eigenvalue weighted by atomic mass is 9.98. The molecule has 5 heteroatoms. The number of rotatable bonds is 7. The molecule has 0 aliphatic carbocycles. The van der Waals surface area contributed by atoms with Crippen LogP contribution in [0.3, 0.4) is 0 Å². The van der Waals surface area contributed by atoms with Gasteiger partial charge in [-0.2, -0.15) is 0 Å². The summed E-state index contributed by atoms with van der Waals surface area (Å²) in [5, 5.41) is 11.5. The van der Waals surface area contributed by atoms with Crippen molar-refractivity contribution in [2.45, 2.75) is 25.5 Å². The summed E-state index contributed by atoms with van der Waals surface area (Å²) in [4.78, 5) is 0. The van der Waals surface area contributed by atoms with Crippen molar-refractivity contribution in [2.24, 2.45) is 7.05 Å². The Labute approximate surface area is 120 Å². The number of likely N-dealkylation sites (N-methyl/N-ethyl adjacent to an activating group) is 1. The lowest BCUT2D eigenvalue weighted by Gasteiger charge is -2.26. The van der Waals surface area contributed by atoms with Crippen molar-refractivity contribution >= 4 is 0 Å². The number of ether oxygens (including phenoxy) is 1. The average Bonchev–Trinajstić information content (AvgIpc) is 2.89. The standard InChI is InChI=1S/C15H22N4O/c1-4-20-15(12-8-6-5-7-9-12)14(16-2)10-13-11-19(3)18-17-13/h5-9,11,14-16H,4,10H2,1-3H3. The molecule has 1 aromatic carbocycles. The minimum Gasteiger partial charge on any atom is -0.372 e. The van der Waals surface area contributed by atoms with Crippen molar-refractivity contribution in [3.8, 4) is 0 Å². The van der Waals surface area contributed by atoms with Gasteiger partial charge in [0, 0.05) is 32.3 Å². The molecule has 0 radical (unpaired) electrons. The van der Waals surface area contributed by atoms with Crippen LogP contribution in [0.5, 0.6) is 0 Å². The fourth-order valence-electron chi connectivity index (χ4n) is 2.34. The number of aryl methyl sites for hydroxylation is 1. The molecule has 0 aliphatic rings. The van der Waals surface area contributed by atoms with Crippen LogP contribution in [0.1, 0.15) is 24.3 Å². The van der Waals surface area contributed by atoms with Gasteiger partial charge in [-0.05, 0) is 19.5 Å². The van der Waals surface area contributed by atoms with Crippen molar-refractivity contribution in [3.05, 3.63) is 47.8 Å². The molecule has 2 atom stereocenters. The predicted octanol–water partition coefficient (Wildman–Crippen LogP) is 1.72. The van der Waals surface area contributed by atoms with E-state index in [-0.39, 0.29) is 12.1 Å². The van der Waals surface area contributed by atoms with E-state index in [1.165, 1.54) is 5.56 Å². The Bertz CT molecular complexity index is 512. The number of nitrogens with one attached hydrogen (secondary N) is 1. The van der Waals surface area contributed by atoms with Crippen molar-refractivity contribution in [2.75, 3.05) is 13.7 Å². The molecule has 1 aromatic heterocycles. The van der Waals surface area contributed by atoms with Crippen LogP contribution in [0.2, 0.25) is 0 Å². The Morgan fingerprint density at radius 3 is 2.60 bits per heavy atom. The summed E-state index contributed by atoms with van der Waals surface area (Å²) < 4.78 is 7.67. The third-order valence-electron chi connectivity index (χ3n) is 3.29. The molecule has 0 saturated carbocycles.